The second-order valence-corrected chi connectivity index (χ2v) is 9.81. The first-order valence-corrected chi connectivity index (χ1v) is 13.3. The van der Waals surface area contributed by atoms with Gasteiger partial charge in [-0.3, -0.25) is 10.1 Å². The van der Waals surface area contributed by atoms with Gasteiger partial charge in [-0.2, -0.15) is 0 Å². The van der Waals surface area contributed by atoms with E-state index >= 15 is 0 Å². The minimum absolute atomic E-state index is 0.109. The number of benzene rings is 2. The Balaban J connectivity index is 1.97. The Bertz CT molecular complexity index is 1010. The molecule has 0 aromatic heterocycles. The van der Waals surface area contributed by atoms with Gasteiger partial charge in [-0.1, -0.05) is 36.4 Å². The third-order valence-electron chi connectivity index (χ3n) is 6.66. The zero-order valence-corrected chi connectivity index (χ0v) is 21.6. The summed E-state index contributed by atoms with van der Waals surface area (Å²) in [5, 5.41) is 24.2. The number of hydrogen-bond acceptors (Lipinski definition) is 7. The summed E-state index contributed by atoms with van der Waals surface area (Å²) in [6.07, 6.45) is 6.78. The van der Waals surface area contributed by atoms with E-state index in [-0.39, 0.29) is 5.92 Å². The molecule has 0 radical (unpaired) electrons. The lowest BCUT2D eigenvalue weighted by molar-refractivity contribution is -0.403. The Kier molecular flexibility index (Phi) is 10.0. The van der Waals surface area contributed by atoms with Crippen LogP contribution in [0.5, 0.6) is 11.5 Å². The zero-order chi connectivity index (χ0) is 25.3. The van der Waals surface area contributed by atoms with Crippen molar-refractivity contribution in [2.75, 3.05) is 33.1 Å². The van der Waals surface area contributed by atoms with E-state index in [0.717, 1.165) is 55.3 Å². The molecular formula is C27H36N2O5S. The van der Waals surface area contributed by atoms with E-state index in [9.17, 15) is 15.2 Å². The summed E-state index contributed by atoms with van der Waals surface area (Å²) in [4.78, 5) is 12.8. The Morgan fingerprint density at radius 3 is 2.63 bits per heavy atom. The monoisotopic (exact) mass is 500 g/mol. The number of aryl methyl sites for hydroxylation is 1. The Hall–Kier alpha value is -2.55. The quantitative estimate of drug-likeness (QED) is 0.219. The highest BCUT2D eigenvalue weighted by Crippen LogP contribution is 2.45. The van der Waals surface area contributed by atoms with Crippen LogP contribution in [0.2, 0.25) is 0 Å². The molecule has 0 saturated carbocycles. The number of para-hydroxylation sites is 2. The molecule has 2 aromatic rings. The fourth-order valence-corrected chi connectivity index (χ4v) is 5.44. The molecule has 1 N–H and O–H groups in total. The highest BCUT2D eigenvalue weighted by Gasteiger charge is 2.42. The average Bonchev–Trinajstić information content (AvgIpc) is 2.86. The molecular weight excluding hydrogens is 464 g/mol. The molecule has 3 rings (SSSR count). The zero-order valence-electron chi connectivity index (χ0n) is 20.8. The molecule has 1 aliphatic rings. The smallest absolute Gasteiger partial charge is 0.264 e. The van der Waals surface area contributed by atoms with Gasteiger partial charge in [0.2, 0.25) is 0 Å². The highest BCUT2D eigenvalue weighted by atomic mass is 32.2. The summed E-state index contributed by atoms with van der Waals surface area (Å²) in [6.45, 7) is 3.91. The van der Waals surface area contributed by atoms with Crippen LogP contribution in [0.25, 0.3) is 0 Å². The van der Waals surface area contributed by atoms with Crippen molar-refractivity contribution >= 4 is 11.8 Å². The normalized spacial score (nSPS) is 18.2. The number of nitro groups is 1. The van der Waals surface area contributed by atoms with Crippen molar-refractivity contribution in [3.63, 3.8) is 0 Å². The van der Waals surface area contributed by atoms with E-state index in [0.29, 0.717) is 30.4 Å². The van der Waals surface area contributed by atoms with E-state index in [2.05, 4.69) is 0 Å². The highest BCUT2D eigenvalue weighted by molar-refractivity contribution is 8.02. The van der Waals surface area contributed by atoms with Gasteiger partial charge < -0.3 is 19.5 Å². The molecule has 1 fully saturated rings. The molecule has 1 unspecified atom stereocenters. The van der Waals surface area contributed by atoms with Gasteiger partial charge in [0, 0.05) is 38.3 Å². The molecule has 35 heavy (non-hydrogen) atoms. The standard InChI is InChI=1S/C27H36N2O5S/c1-21-11-4-6-14-24(21)34-25-15-7-5-13-23(25)27(30,16-8-9-18-33-2)22-12-10-17-28(19-22)26(35-3)20-29(31)32/h4-7,11,13-15,20,22,30H,8-10,12,16-19H2,1-3H3/t22-,27?/m1/s1. The molecule has 1 saturated heterocycles. The molecule has 1 heterocycles. The Morgan fingerprint density at radius 1 is 1.23 bits per heavy atom. The molecule has 0 amide bonds. The molecule has 7 nitrogen and oxygen atoms in total. The number of rotatable bonds is 12. The minimum Gasteiger partial charge on any atom is -0.457 e. The van der Waals surface area contributed by atoms with Crippen LogP contribution in [-0.2, 0) is 10.3 Å². The molecule has 1 aliphatic heterocycles. The van der Waals surface area contributed by atoms with Gasteiger partial charge in [0.25, 0.3) is 6.20 Å². The Labute approximate surface area is 212 Å². The van der Waals surface area contributed by atoms with Crippen LogP contribution in [0.3, 0.4) is 0 Å². The number of ether oxygens (including phenoxy) is 2. The lowest BCUT2D eigenvalue weighted by atomic mass is 9.73. The predicted molar refractivity (Wildman–Crippen MR) is 140 cm³/mol. The van der Waals surface area contributed by atoms with Gasteiger partial charge in [0.1, 0.15) is 16.5 Å². The van der Waals surface area contributed by atoms with Crippen molar-refractivity contribution in [1.29, 1.82) is 0 Å². The molecule has 0 bridgehead atoms. The molecule has 0 spiro atoms. The van der Waals surface area contributed by atoms with Crippen LogP contribution >= 0.6 is 11.8 Å². The van der Waals surface area contributed by atoms with Gasteiger partial charge in [-0.05, 0) is 63.0 Å². The first-order valence-electron chi connectivity index (χ1n) is 12.1. The van der Waals surface area contributed by atoms with Gasteiger partial charge in [0.05, 0.1) is 10.5 Å². The third kappa shape index (κ3) is 6.99. The molecule has 2 atom stereocenters. The fourth-order valence-electron chi connectivity index (χ4n) is 4.82. The summed E-state index contributed by atoms with van der Waals surface area (Å²) in [5.41, 5.74) is 0.630. The van der Waals surface area contributed by atoms with Crippen molar-refractivity contribution in [2.45, 2.75) is 44.6 Å². The minimum atomic E-state index is -1.15. The number of piperidine rings is 1. The van der Waals surface area contributed by atoms with Crippen LogP contribution in [0.1, 0.15) is 43.2 Å². The van der Waals surface area contributed by atoms with Crippen molar-refractivity contribution in [3.05, 3.63) is 81.0 Å². The van der Waals surface area contributed by atoms with Gasteiger partial charge >= 0.3 is 0 Å². The van der Waals surface area contributed by atoms with E-state index in [4.69, 9.17) is 9.47 Å². The van der Waals surface area contributed by atoms with Crippen LogP contribution in [0.15, 0.2) is 59.8 Å². The summed E-state index contributed by atoms with van der Waals surface area (Å²) in [6, 6.07) is 15.5. The molecule has 2 aromatic carbocycles. The molecule has 8 heteroatoms. The first kappa shape index (κ1) is 27.0. The van der Waals surface area contributed by atoms with Crippen LogP contribution in [0, 0.1) is 23.0 Å². The SMILES string of the molecule is COCCCCC(O)(c1ccccc1Oc1ccccc1C)[C@@H]1CCCN(C(=C[N+](=O)[O-])SC)C1. The fraction of sp³-hybridized carbons (Fsp3) is 0.481. The molecule has 0 aliphatic carbocycles. The lowest BCUT2D eigenvalue weighted by Crippen LogP contribution is -2.45. The molecule has 190 valence electrons. The first-order chi connectivity index (χ1) is 16.9. The van der Waals surface area contributed by atoms with Gasteiger partial charge in [-0.25, -0.2) is 0 Å². The number of methoxy groups -OCH3 is 1. The number of thioether (sulfide) groups is 1. The van der Waals surface area contributed by atoms with Crippen molar-refractivity contribution in [2.24, 2.45) is 5.92 Å². The number of likely N-dealkylation sites (tertiary alicyclic amines) is 1. The van der Waals surface area contributed by atoms with Crippen LogP contribution in [-0.4, -0.2) is 48.0 Å². The largest absolute Gasteiger partial charge is 0.457 e. The maximum atomic E-state index is 12.4. The third-order valence-corrected chi connectivity index (χ3v) is 7.44. The van der Waals surface area contributed by atoms with E-state index in [1.807, 2.05) is 66.6 Å². The lowest BCUT2D eigenvalue weighted by Gasteiger charge is -2.44. The second-order valence-electron chi connectivity index (χ2n) is 8.98. The van der Waals surface area contributed by atoms with Crippen molar-refractivity contribution in [3.8, 4) is 11.5 Å². The second kappa shape index (κ2) is 13.0. The number of unbranched alkanes of at least 4 members (excludes halogenated alkanes) is 1. The van der Waals surface area contributed by atoms with E-state index in [1.54, 1.807) is 7.11 Å². The Morgan fingerprint density at radius 2 is 1.94 bits per heavy atom. The summed E-state index contributed by atoms with van der Waals surface area (Å²) in [5.74, 6) is 1.28. The topological polar surface area (TPSA) is 85.1 Å². The van der Waals surface area contributed by atoms with Gasteiger partial charge in [0.15, 0.2) is 0 Å². The van der Waals surface area contributed by atoms with E-state index < -0.39 is 10.5 Å². The summed E-state index contributed by atoms with van der Waals surface area (Å²) >= 11 is 1.37. The van der Waals surface area contributed by atoms with Gasteiger partial charge in [-0.15, -0.1) is 11.8 Å². The summed E-state index contributed by atoms with van der Waals surface area (Å²) in [7, 11) is 1.68. The average molecular weight is 501 g/mol. The van der Waals surface area contributed by atoms with Crippen LogP contribution < -0.4 is 4.74 Å². The number of aliphatic hydroxyl groups is 1. The number of nitrogens with zero attached hydrogens (tertiary/aromatic N) is 2. The maximum Gasteiger partial charge on any atom is 0.264 e. The van der Waals surface area contributed by atoms with Crippen molar-refractivity contribution in [1.82, 2.24) is 4.90 Å². The summed E-state index contributed by atoms with van der Waals surface area (Å²) < 4.78 is 11.6. The van der Waals surface area contributed by atoms with Crippen LogP contribution in [0.4, 0.5) is 0 Å². The predicted octanol–water partition coefficient (Wildman–Crippen LogP) is 5.94. The van der Waals surface area contributed by atoms with Crippen molar-refractivity contribution < 1.29 is 19.5 Å². The number of hydrogen-bond donors (Lipinski definition) is 1. The maximum absolute atomic E-state index is 12.4. The van der Waals surface area contributed by atoms with E-state index in [1.165, 1.54) is 11.8 Å².